The molecule has 3 rings (SSSR count). The first-order valence-electron chi connectivity index (χ1n) is 4.38. The summed E-state index contributed by atoms with van der Waals surface area (Å²) in [6.07, 6.45) is 1.67. The van der Waals surface area contributed by atoms with E-state index in [9.17, 15) is 4.39 Å². The predicted octanol–water partition coefficient (Wildman–Crippen LogP) is 4.24. The molecule has 0 N–H and O–H groups in total. The minimum absolute atomic E-state index is 0.224. The zero-order chi connectivity index (χ0) is 10.4. The molecule has 1 nitrogen and oxygen atoms in total. The van der Waals surface area contributed by atoms with Gasteiger partial charge in [-0.2, -0.15) is 0 Å². The van der Waals surface area contributed by atoms with Gasteiger partial charge < -0.3 is 0 Å². The fourth-order valence-electron chi connectivity index (χ4n) is 1.64. The zero-order valence-electron chi connectivity index (χ0n) is 7.50. The number of fused-ring (bicyclic) bond motifs is 3. The molecular formula is C11H5ClFNS. The molecule has 0 aliphatic rings. The van der Waals surface area contributed by atoms with Crippen molar-refractivity contribution >= 4 is 43.1 Å². The zero-order valence-corrected chi connectivity index (χ0v) is 9.07. The highest BCUT2D eigenvalue weighted by Crippen LogP contribution is 2.36. The monoisotopic (exact) mass is 237 g/mol. The summed E-state index contributed by atoms with van der Waals surface area (Å²) in [5.74, 6) is -0.224. The van der Waals surface area contributed by atoms with Gasteiger partial charge in [-0.3, -0.25) is 0 Å². The normalized spacial score (nSPS) is 11.3. The minimum Gasteiger partial charge on any atom is -0.243 e. The molecule has 0 fully saturated rings. The average Bonchev–Trinajstić information content (AvgIpc) is 2.57. The van der Waals surface area contributed by atoms with Crippen LogP contribution in [-0.2, 0) is 0 Å². The molecule has 0 saturated heterocycles. The lowest BCUT2D eigenvalue weighted by molar-refractivity contribution is 0.630. The highest BCUT2D eigenvalue weighted by Gasteiger charge is 2.08. The molecule has 0 bridgehead atoms. The number of pyridine rings is 1. The Morgan fingerprint density at radius 1 is 1.20 bits per heavy atom. The molecule has 0 radical (unpaired) electrons. The van der Waals surface area contributed by atoms with E-state index in [1.807, 2.05) is 6.07 Å². The molecule has 2 heterocycles. The van der Waals surface area contributed by atoms with Gasteiger partial charge in [0.25, 0.3) is 0 Å². The largest absolute Gasteiger partial charge is 0.243 e. The van der Waals surface area contributed by atoms with E-state index in [-0.39, 0.29) is 5.82 Å². The number of benzene rings is 1. The molecule has 4 heteroatoms. The second kappa shape index (κ2) is 3.15. The van der Waals surface area contributed by atoms with Gasteiger partial charge in [-0.05, 0) is 24.3 Å². The van der Waals surface area contributed by atoms with Crippen LogP contribution < -0.4 is 0 Å². The highest BCUT2D eigenvalue weighted by atomic mass is 35.5. The first-order valence-corrected chi connectivity index (χ1v) is 5.57. The van der Waals surface area contributed by atoms with Crippen molar-refractivity contribution in [2.45, 2.75) is 0 Å². The van der Waals surface area contributed by atoms with Gasteiger partial charge >= 0.3 is 0 Å². The minimum atomic E-state index is -0.224. The van der Waals surface area contributed by atoms with Crippen molar-refractivity contribution in [1.29, 1.82) is 0 Å². The second-order valence-corrected chi connectivity index (χ2v) is 4.63. The Bertz CT molecular complexity index is 662. The smallest absolute Gasteiger partial charge is 0.146 e. The van der Waals surface area contributed by atoms with Crippen molar-refractivity contribution in [3.8, 4) is 0 Å². The van der Waals surface area contributed by atoms with E-state index in [4.69, 9.17) is 11.6 Å². The molecule has 0 aliphatic carbocycles. The maximum atomic E-state index is 13.0. The van der Waals surface area contributed by atoms with E-state index < -0.39 is 0 Å². The van der Waals surface area contributed by atoms with Gasteiger partial charge in [0.15, 0.2) is 0 Å². The molecule has 1 aromatic carbocycles. The number of hydrogen-bond donors (Lipinski definition) is 0. The number of nitrogens with zero attached hydrogens (tertiary/aromatic N) is 1. The summed E-state index contributed by atoms with van der Waals surface area (Å²) in [7, 11) is 0. The lowest BCUT2D eigenvalue weighted by atomic mass is 10.2. The van der Waals surface area contributed by atoms with Crippen molar-refractivity contribution < 1.29 is 4.39 Å². The second-order valence-electron chi connectivity index (χ2n) is 3.22. The molecule has 0 aliphatic heterocycles. The number of thiophene rings is 1. The Hall–Kier alpha value is -1.19. The Labute approximate surface area is 94.1 Å². The van der Waals surface area contributed by atoms with Crippen LogP contribution in [0.1, 0.15) is 0 Å². The SMILES string of the molecule is Fc1ccc2c(c1)sc1c(Cl)nccc12. The third-order valence-corrected chi connectivity index (χ3v) is 3.88. The number of hydrogen-bond acceptors (Lipinski definition) is 2. The van der Waals surface area contributed by atoms with E-state index in [2.05, 4.69) is 4.98 Å². The van der Waals surface area contributed by atoms with Gasteiger partial charge in [0.1, 0.15) is 11.0 Å². The van der Waals surface area contributed by atoms with Crippen molar-refractivity contribution in [2.24, 2.45) is 0 Å². The Morgan fingerprint density at radius 2 is 2.07 bits per heavy atom. The van der Waals surface area contributed by atoms with Crippen LogP contribution >= 0.6 is 22.9 Å². The van der Waals surface area contributed by atoms with Crippen LogP contribution in [0.3, 0.4) is 0 Å². The van der Waals surface area contributed by atoms with E-state index in [1.54, 1.807) is 12.3 Å². The van der Waals surface area contributed by atoms with Crippen LogP contribution in [0.25, 0.3) is 20.2 Å². The fraction of sp³-hybridized carbons (Fsp3) is 0. The van der Waals surface area contributed by atoms with Crippen LogP contribution in [0.2, 0.25) is 5.15 Å². The van der Waals surface area contributed by atoms with Crippen molar-refractivity contribution in [2.75, 3.05) is 0 Å². The van der Waals surface area contributed by atoms with Gasteiger partial charge in [0.2, 0.25) is 0 Å². The lowest BCUT2D eigenvalue weighted by Crippen LogP contribution is -1.73. The molecular weight excluding hydrogens is 233 g/mol. The molecule has 0 spiro atoms. The molecule has 3 aromatic rings. The van der Waals surface area contributed by atoms with E-state index in [0.29, 0.717) is 5.15 Å². The van der Waals surface area contributed by atoms with Gasteiger partial charge in [-0.15, -0.1) is 11.3 Å². The van der Waals surface area contributed by atoms with Crippen molar-refractivity contribution in [3.05, 3.63) is 41.4 Å². The standard InChI is InChI=1S/C11H5ClFNS/c12-11-10-8(3-4-14-11)7-2-1-6(13)5-9(7)15-10/h1-5H. The van der Waals surface area contributed by atoms with Crippen LogP contribution in [0.5, 0.6) is 0 Å². The summed E-state index contributed by atoms with van der Waals surface area (Å²) < 4.78 is 14.8. The highest BCUT2D eigenvalue weighted by molar-refractivity contribution is 7.26. The van der Waals surface area contributed by atoms with Gasteiger partial charge in [-0.1, -0.05) is 11.6 Å². The van der Waals surface area contributed by atoms with Crippen LogP contribution in [0, 0.1) is 5.82 Å². The van der Waals surface area contributed by atoms with E-state index >= 15 is 0 Å². The molecule has 0 saturated carbocycles. The molecule has 0 amide bonds. The van der Waals surface area contributed by atoms with E-state index in [1.165, 1.54) is 23.5 Å². The summed E-state index contributed by atoms with van der Waals surface area (Å²) in [5, 5.41) is 2.55. The Morgan fingerprint density at radius 3 is 2.93 bits per heavy atom. The molecule has 74 valence electrons. The summed E-state index contributed by atoms with van der Waals surface area (Å²) in [4.78, 5) is 4.01. The third kappa shape index (κ3) is 1.31. The fourth-order valence-corrected chi connectivity index (χ4v) is 3.02. The maximum absolute atomic E-state index is 13.0. The Kier molecular flexibility index (Phi) is 1.90. The van der Waals surface area contributed by atoms with Crippen molar-refractivity contribution in [3.63, 3.8) is 0 Å². The van der Waals surface area contributed by atoms with Gasteiger partial charge in [0.05, 0.1) is 4.70 Å². The van der Waals surface area contributed by atoms with Gasteiger partial charge in [-0.25, -0.2) is 9.37 Å². The average molecular weight is 238 g/mol. The van der Waals surface area contributed by atoms with Gasteiger partial charge in [0, 0.05) is 21.7 Å². The Balaban J connectivity index is 2.57. The van der Waals surface area contributed by atoms with Crippen molar-refractivity contribution in [1.82, 2.24) is 4.98 Å². The van der Waals surface area contributed by atoms with E-state index in [0.717, 1.165) is 20.2 Å². The predicted molar refractivity (Wildman–Crippen MR) is 62.1 cm³/mol. The molecule has 0 unspecified atom stereocenters. The van der Waals surface area contributed by atoms with Crippen LogP contribution in [0.15, 0.2) is 30.5 Å². The molecule has 15 heavy (non-hydrogen) atoms. The topological polar surface area (TPSA) is 12.9 Å². The quantitative estimate of drug-likeness (QED) is 0.533. The summed E-state index contributed by atoms with van der Waals surface area (Å²) in [6.45, 7) is 0. The summed E-state index contributed by atoms with van der Waals surface area (Å²) >= 11 is 7.44. The molecule has 0 atom stereocenters. The molecule has 2 aromatic heterocycles. The summed E-state index contributed by atoms with van der Waals surface area (Å²) in [5.41, 5.74) is 0. The number of halogens is 2. The first kappa shape index (κ1) is 9.07. The van der Waals surface area contributed by atoms with Crippen LogP contribution in [-0.4, -0.2) is 4.98 Å². The van der Waals surface area contributed by atoms with Crippen LogP contribution in [0.4, 0.5) is 4.39 Å². The number of aromatic nitrogens is 1. The summed E-state index contributed by atoms with van der Waals surface area (Å²) in [6, 6.07) is 6.66. The third-order valence-electron chi connectivity index (χ3n) is 2.31. The maximum Gasteiger partial charge on any atom is 0.146 e. The number of rotatable bonds is 0. The lowest BCUT2D eigenvalue weighted by Gasteiger charge is -1.91. The first-order chi connectivity index (χ1) is 7.25.